The molecule has 1 aliphatic heterocycles. The molecule has 1 amide bonds. The molecule has 0 radical (unpaired) electrons. The van der Waals surface area contributed by atoms with Crippen LogP contribution in [0.2, 0.25) is 0 Å². The number of fused-ring (bicyclic) bond motifs is 2. The van der Waals surface area contributed by atoms with E-state index >= 15 is 0 Å². The lowest BCUT2D eigenvalue weighted by Crippen LogP contribution is -2.42. The monoisotopic (exact) mass is 394 g/mol. The maximum Gasteiger partial charge on any atom is 0.333 e. The molecule has 4 aromatic rings. The van der Waals surface area contributed by atoms with Crippen LogP contribution in [0.4, 0.5) is 8.78 Å². The Morgan fingerprint density at radius 1 is 1.17 bits per heavy atom. The zero-order chi connectivity index (χ0) is 20.0. The number of pyridine rings is 1. The molecule has 0 saturated carbocycles. The van der Waals surface area contributed by atoms with Gasteiger partial charge < -0.3 is 9.88 Å². The first-order valence-corrected chi connectivity index (χ1v) is 9.14. The second-order valence-corrected chi connectivity index (χ2v) is 6.78. The number of amides is 1. The third kappa shape index (κ3) is 2.86. The Kier molecular flexibility index (Phi) is 4.08. The van der Waals surface area contributed by atoms with Crippen LogP contribution >= 0.6 is 0 Å². The van der Waals surface area contributed by atoms with Crippen molar-refractivity contribution in [2.45, 2.75) is 19.0 Å². The average molecular weight is 394 g/mol. The number of nitrogens with zero attached hydrogens (tertiary/aromatic N) is 5. The first kappa shape index (κ1) is 17.5. The number of rotatable bonds is 3. The molecular formula is C20H16F2N6O. The van der Waals surface area contributed by atoms with Crippen molar-refractivity contribution in [3.05, 3.63) is 77.8 Å². The summed E-state index contributed by atoms with van der Waals surface area (Å²) >= 11 is 0. The Balaban J connectivity index is 1.62. The number of aromatic amines is 1. The number of carbonyl (C=O) groups is 1. The number of hydrogen-bond acceptors (Lipinski definition) is 4. The van der Waals surface area contributed by atoms with Crippen molar-refractivity contribution in [3.63, 3.8) is 0 Å². The zero-order valence-corrected chi connectivity index (χ0v) is 15.2. The zero-order valence-electron chi connectivity index (χ0n) is 15.2. The number of aromatic nitrogens is 5. The third-order valence-corrected chi connectivity index (χ3v) is 5.16. The highest BCUT2D eigenvalue weighted by Crippen LogP contribution is 2.34. The molecule has 146 valence electrons. The highest BCUT2D eigenvalue weighted by molar-refractivity contribution is 5.93. The Hall–Kier alpha value is -3.62. The van der Waals surface area contributed by atoms with Gasteiger partial charge in [-0.25, -0.2) is 4.98 Å². The highest BCUT2D eigenvalue weighted by atomic mass is 19.3. The number of H-pyrrole nitrogens is 1. The van der Waals surface area contributed by atoms with Crippen molar-refractivity contribution in [1.29, 1.82) is 0 Å². The predicted octanol–water partition coefficient (Wildman–Crippen LogP) is 3.34. The van der Waals surface area contributed by atoms with Crippen LogP contribution in [0, 0.1) is 0 Å². The summed E-state index contributed by atoms with van der Waals surface area (Å²) in [7, 11) is 0. The number of alkyl halides is 2. The van der Waals surface area contributed by atoms with Gasteiger partial charge in [0.15, 0.2) is 0 Å². The lowest BCUT2D eigenvalue weighted by Gasteiger charge is -2.34. The molecule has 0 aliphatic carbocycles. The molecule has 29 heavy (non-hydrogen) atoms. The van der Waals surface area contributed by atoms with Crippen LogP contribution in [-0.4, -0.2) is 42.1 Å². The van der Waals surface area contributed by atoms with E-state index in [9.17, 15) is 13.6 Å². The van der Waals surface area contributed by atoms with Crippen LogP contribution in [0.1, 0.15) is 40.2 Å². The summed E-state index contributed by atoms with van der Waals surface area (Å²) < 4.78 is 27.0. The third-order valence-electron chi connectivity index (χ3n) is 5.16. The molecule has 0 saturated heterocycles. The second kappa shape index (κ2) is 6.77. The van der Waals surface area contributed by atoms with E-state index in [0.717, 1.165) is 16.6 Å². The van der Waals surface area contributed by atoms with Gasteiger partial charge in [-0.1, -0.05) is 24.3 Å². The maximum absolute atomic E-state index is 13.3. The van der Waals surface area contributed by atoms with Gasteiger partial charge in [-0.05, 0) is 18.2 Å². The Labute approximate surface area is 164 Å². The topological polar surface area (TPSA) is 79.7 Å². The normalized spacial score (nSPS) is 16.4. The number of halogens is 2. The fraction of sp³-hybridized carbons (Fsp3) is 0.200. The van der Waals surface area contributed by atoms with Gasteiger partial charge in [0.2, 0.25) is 0 Å². The molecule has 4 heterocycles. The largest absolute Gasteiger partial charge is 0.348 e. The van der Waals surface area contributed by atoms with Crippen LogP contribution in [0.25, 0.3) is 10.9 Å². The van der Waals surface area contributed by atoms with E-state index in [1.165, 1.54) is 17.2 Å². The van der Waals surface area contributed by atoms with E-state index in [1.807, 2.05) is 36.4 Å². The molecule has 1 N–H and O–H groups in total. The molecule has 0 bridgehead atoms. The molecule has 0 spiro atoms. The summed E-state index contributed by atoms with van der Waals surface area (Å²) in [5.74, 6) is -0.531. The Morgan fingerprint density at radius 3 is 2.90 bits per heavy atom. The van der Waals surface area contributed by atoms with Crippen molar-refractivity contribution in [2.75, 3.05) is 6.54 Å². The van der Waals surface area contributed by atoms with Crippen LogP contribution in [0.15, 0.2) is 55.0 Å². The molecule has 3 aromatic heterocycles. The fourth-order valence-corrected chi connectivity index (χ4v) is 3.82. The molecule has 1 atom stereocenters. The number of imidazole rings is 1. The minimum atomic E-state index is -2.90. The molecule has 0 unspecified atom stereocenters. The van der Waals surface area contributed by atoms with Gasteiger partial charge in [-0.15, -0.1) is 0 Å². The average Bonchev–Trinajstić information content (AvgIpc) is 3.41. The molecule has 0 fully saturated rings. The maximum atomic E-state index is 13.3. The predicted molar refractivity (Wildman–Crippen MR) is 100 cm³/mol. The first-order valence-electron chi connectivity index (χ1n) is 9.14. The van der Waals surface area contributed by atoms with Crippen molar-refractivity contribution >= 4 is 16.8 Å². The highest BCUT2D eigenvalue weighted by Gasteiger charge is 2.37. The van der Waals surface area contributed by atoms with Gasteiger partial charge >= 0.3 is 6.55 Å². The van der Waals surface area contributed by atoms with Crippen molar-refractivity contribution in [1.82, 2.24) is 29.6 Å². The number of nitrogens with one attached hydrogen (secondary N) is 1. The SMILES string of the molecule is O=C(c1ccnn1C(F)F)N1CCc2[nH]cnc2[C@H]1c1ccc2ccccc2n1. The van der Waals surface area contributed by atoms with Gasteiger partial charge in [0.05, 0.1) is 23.2 Å². The van der Waals surface area contributed by atoms with E-state index in [-0.39, 0.29) is 5.69 Å². The van der Waals surface area contributed by atoms with Crippen molar-refractivity contribution in [3.8, 4) is 0 Å². The molecule has 1 aliphatic rings. The van der Waals surface area contributed by atoms with Crippen molar-refractivity contribution in [2.24, 2.45) is 0 Å². The quantitative estimate of drug-likeness (QED) is 0.578. The number of carbonyl (C=O) groups excluding carboxylic acids is 1. The van der Waals surface area contributed by atoms with Gasteiger partial charge in [-0.2, -0.15) is 18.6 Å². The van der Waals surface area contributed by atoms with Crippen LogP contribution < -0.4 is 0 Å². The standard InChI is InChI=1S/C20H16F2N6O/c21-20(22)28-16(7-9-25-28)19(29)27-10-8-14-17(24-11-23-14)18(27)15-6-5-12-3-1-2-4-13(12)26-15/h1-7,9,11,18,20H,8,10H2,(H,23,24)/t18-/m1/s1. The number of hydrogen-bond donors (Lipinski definition) is 1. The van der Waals surface area contributed by atoms with E-state index in [4.69, 9.17) is 4.98 Å². The van der Waals surface area contributed by atoms with E-state index in [1.54, 1.807) is 6.33 Å². The minimum Gasteiger partial charge on any atom is -0.348 e. The summed E-state index contributed by atoms with van der Waals surface area (Å²) in [5, 5.41) is 4.56. The summed E-state index contributed by atoms with van der Waals surface area (Å²) in [4.78, 5) is 27.0. The molecule has 9 heteroatoms. The molecular weight excluding hydrogens is 378 g/mol. The number of para-hydroxylation sites is 1. The van der Waals surface area contributed by atoms with E-state index in [2.05, 4.69) is 15.1 Å². The van der Waals surface area contributed by atoms with E-state index in [0.29, 0.717) is 29.0 Å². The van der Waals surface area contributed by atoms with E-state index < -0.39 is 18.5 Å². The smallest absolute Gasteiger partial charge is 0.333 e. The Bertz CT molecular complexity index is 1200. The lowest BCUT2D eigenvalue weighted by molar-refractivity contribution is 0.0441. The molecule has 5 rings (SSSR count). The van der Waals surface area contributed by atoms with Gasteiger partial charge in [0.1, 0.15) is 11.7 Å². The van der Waals surface area contributed by atoms with Crippen LogP contribution in [0.3, 0.4) is 0 Å². The van der Waals surface area contributed by atoms with Crippen LogP contribution in [-0.2, 0) is 6.42 Å². The first-order chi connectivity index (χ1) is 14.1. The second-order valence-electron chi connectivity index (χ2n) is 6.78. The van der Waals surface area contributed by atoms with Crippen molar-refractivity contribution < 1.29 is 13.6 Å². The summed E-state index contributed by atoms with van der Waals surface area (Å²) in [5.41, 5.74) is 2.85. The summed E-state index contributed by atoms with van der Waals surface area (Å²) in [6.45, 7) is -2.55. The number of benzene rings is 1. The molecule has 7 nitrogen and oxygen atoms in total. The van der Waals surface area contributed by atoms with Gasteiger partial charge in [0, 0.05) is 30.2 Å². The Morgan fingerprint density at radius 2 is 2.03 bits per heavy atom. The summed E-state index contributed by atoms with van der Waals surface area (Å²) in [6.07, 6.45) is 3.33. The van der Waals surface area contributed by atoms with Gasteiger partial charge in [-0.3, -0.25) is 9.78 Å². The van der Waals surface area contributed by atoms with Crippen LogP contribution in [0.5, 0.6) is 0 Å². The van der Waals surface area contributed by atoms with Gasteiger partial charge in [0.25, 0.3) is 5.91 Å². The lowest BCUT2D eigenvalue weighted by atomic mass is 9.98. The molecule has 1 aromatic carbocycles. The summed E-state index contributed by atoms with van der Waals surface area (Å²) in [6, 6.07) is 12.2. The fourth-order valence-electron chi connectivity index (χ4n) is 3.82. The minimum absolute atomic E-state index is 0.162.